The van der Waals surface area contributed by atoms with Crippen LogP contribution in [-0.4, -0.2) is 69.1 Å². The summed E-state index contributed by atoms with van der Waals surface area (Å²) in [4.78, 5) is 19.1. The second kappa shape index (κ2) is 15.8. The number of nitrogens with zero attached hydrogens (tertiary/aromatic N) is 1. The normalized spacial score (nSPS) is 18.1. The standard InChI is InChI=1S/C33H41N3O7S/c1-25(2)41-22-9-20-34-36-32(38)33(19-24-44(39,40)29-13-7-4-8-14-29)30(26-11-5-3-6-12-26)43-31(35-33)27-15-17-28(18-16-27)42-23-10-21-37/h3-8,11-18,25,30,34,37H,9-10,19-24H2,1-2H3,(H,36,38)/t30-,33-/m0/s1. The maximum Gasteiger partial charge on any atom is 0.266 e. The number of hydrazine groups is 1. The Morgan fingerprint density at radius 3 is 2.32 bits per heavy atom. The first-order valence-corrected chi connectivity index (χ1v) is 16.5. The highest BCUT2D eigenvalue weighted by molar-refractivity contribution is 7.91. The van der Waals surface area contributed by atoms with Crippen molar-refractivity contribution in [1.82, 2.24) is 10.9 Å². The van der Waals surface area contributed by atoms with Crippen LogP contribution in [0.2, 0.25) is 0 Å². The van der Waals surface area contributed by atoms with Crippen LogP contribution in [0.3, 0.4) is 0 Å². The average molecular weight is 624 g/mol. The van der Waals surface area contributed by atoms with Crippen LogP contribution in [0, 0.1) is 0 Å². The van der Waals surface area contributed by atoms with Gasteiger partial charge in [-0.05, 0) is 62.2 Å². The van der Waals surface area contributed by atoms with Gasteiger partial charge in [-0.2, -0.15) is 0 Å². The van der Waals surface area contributed by atoms with E-state index in [4.69, 9.17) is 24.3 Å². The van der Waals surface area contributed by atoms with E-state index in [1.54, 1.807) is 54.6 Å². The molecule has 1 aliphatic heterocycles. The summed E-state index contributed by atoms with van der Waals surface area (Å²) in [7, 11) is -3.74. The van der Waals surface area contributed by atoms with Gasteiger partial charge < -0.3 is 19.3 Å². The average Bonchev–Trinajstić information content (AvgIpc) is 3.44. The number of aliphatic imine (C=N–C) groups is 1. The molecule has 0 aliphatic carbocycles. The number of aliphatic hydroxyl groups excluding tert-OH is 1. The fourth-order valence-corrected chi connectivity index (χ4v) is 6.15. The Bertz CT molecular complexity index is 1470. The molecule has 0 fully saturated rings. The van der Waals surface area contributed by atoms with E-state index in [9.17, 15) is 13.2 Å². The Kier molecular flexibility index (Phi) is 11.9. The number of ether oxygens (including phenoxy) is 3. The molecule has 0 saturated carbocycles. The zero-order valence-electron chi connectivity index (χ0n) is 25.1. The number of carbonyl (C=O) groups is 1. The van der Waals surface area contributed by atoms with Crippen molar-refractivity contribution in [2.75, 3.05) is 32.1 Å². The fourth-order valence-electron chi connectivity index (χ4n) is 4.76. The van der Waals surface area contributed by atoms with Crippen molar-refractivity contribution in [3.05, 3.63) is 96.1 Å². The van der Waals surface area contributed by atoms with E-state index in [1.807, 2.05) is 44.2 Å². The third-order valence-electron chi connectivity index (χ3n) is 7.09. The van der Waals surface area contributed by atoms with Gasteiger partial charge in [-0.25, -0.2) is 18.8 Å². The molecule has 1 amide bonds. The molecular weight excluding hydrogens is 582 g/mol. The first-order chi connectivity index (χ1) is 21.2. The number of benzene rings is 3. The van der Waals surface area contributed by atoms with Gasteiger partial charge in [0.1, 0.15) is 5.75 Å². The van der Waals surface area contributed by atoms with Gasteiger partial charge in [0.2, 0.25) is 5.90 Å². The number of aliphatic hydroxyl groups is 1. The lowest BCUT2D eigenvalue weighted by Gasteiger charge is -2.30. The van der Waals surface area contributed by atoms with Crippen LogP contribution in [0.4, 0.5) is 0 Å². The topological polar surface area (TPSA) is 136 Å². The van der Waals surface area contributed by atoms with Crippen LogP contribution in [0.25, 0.3) is 0 Å². The van der Waals surface area contributed by atoms with Crippen molar-refractivity contribution in [2.24, 2.45) is 4.99 Å². The van der Waals surface area contributed by atoms with E-state index in [0.29, 0.717) is 49.5 Å². The third kappa shape index (κ3) is 8.66. The summed E-state index contributed by atoms with van der Waals surface area (Å²) in [5.41, 5.74) is 5.43. The molecule has 0 aromatic heterocycles. The largest absolute Gasteiger partial charge is 0.494 e. The van der Waals surface area contributed by atoms with E-state index >= 15 is 0 Å². The van der Waals surface area contributed by atoms with Gasteiger partial charge in [0, 0.05) is 38.2 Å². The van der Waals surface area contributed by atoms with Crippen molar-refractivity contribution in [1.29, 1.82) is 0 Å². The van der Waals surface area contributed by atoms with Gasteiger partial charge >= 0.3 is 0 Å². The van der Waals surface area contributed by atoms with Crippen molar-refractivity contribution in [2.45, 2.75) is 55.8 Å². The van der Waals surface area contributed by atoms with Crippen molar-refractivity contribution < 1.29 is 32.5 Å². The molecule has 0 spiro atoms. The van der Waals surface area contributed by atoms with Gasteiger partial charge in [0.15, 0.2) is 21.5 Å². The molecule has 0 saturated heterocycles. The van der Waals surface area contributed by atoms with Crippen molar-refractivity contribution in [3.8, 4) is 5.75 Å². The zero-order chi connectivity index (χ0) is 31.4. The molecule has 1 aliphatic rings. The first kappa shape index (κ1) is 33.1. The minimum atomic E-state index is -3.74. The maximum absolute atomic E-state index is 14.1. The summed E-state index contributed by atoms with van der Waals surface area (Å²) in [5.74, 6) is 0.00837. The SMILES string of the molecule is CC(C)OCCCNNC(=O)[C@@]1(CCS(=O)(=O)c2ccccc2)N=C(c2ccc(OCCCO)cc2)O[C@H]1c1ccccc1. The molecule has 44 heavy (non-hydrogen) atoms. The number of amides is 1. The van der Waals surface area contributed by atoms with Crippen LogP contribution >= 0.6 is 0 Å². The van der Waals surface area contributed by atoms with Crippen molar-refractivity contribution in [3.63, 3.8) is 0 Å². The van der Waals surface area contributed by atoms with E-state index in [0.717, 1.165) is 0 Å². The Balaban J connectivity index is 1.66. The van der Waals surface area contributed by atoms with Gasteiger partial charge in [0.25, 0.3) is 5.91 Å². The molecular formula is C33H41N3O7S. The summed E-state index contributed by atoms with van der Waals surface area (Å²) in [6.45, 7) is 5.30. The highest BCUT2D eigenvalue weighted by Gasteiger charge is 2.53. The smallest absolute Gasteiger partial charge is 0.266 e. The minimum Gasteiger partial charge on any atom is -0.494 e. The second-order valence-electron chi connectivity index (χ2n) is 10.7. The molecule has 3 N–H and O–H groups in total. The molecule has 0 unspecified atom stereocenters. The summed E-state index contributed by atoms with van der Waals surface area (Å²) >= 11 is 0. The fraction of sp³-hybridized carbons (Fsp3) is 0.394. The number of hydrogen-bond donors (Lipinski definition) is 3. The lowest BCUT2D eigenvalue weighted by atomic mass is 9.85. The van der Waals surface area contributed by atoms with Gasteiger partial charge in [-0.3, -0.25) is 10.2 Å². The summed E-state index contributed by atoms with van der Waals surface area (Å²) in [6, 6.07) is 24.5. The Morgan fingerprint density at radius 1 is 0.977 bits per heavy atom. The zero-order valence-corrected chi connectivity index (χ0v) is 26.0. The Hall–Kier alpha value is -3.77. The van der Waals surface area contributed by atoms with Gasteiger partial charge in [-0.15, -0.1) is 0 Å². The molecule has 0 radical (unpaired) electrons. The monoisotopic (exact) mass is 623 g/mol. The van der Waals surface area contributed by atoms with E-state index in [2.05, 4.69) is 10.9 Å². The third-order valence-corrected chi connectivity index (χ3v) is 8.82. The molecule has 0 bridgehead atoms. The molecule has 4 rings (SSSR count). The van der Waals surface area contributed by atoms with Gasteiger partial charge in [-0.1, -0.05) is 48.5 Å². The van der Waals surface area contributed by atoms with Gasteiger partial charge in [0.05, 0.1) is 23.4 Å². The van der Waals surface area contributed by atoms with E-state index in [1.165, 1.54) is 0 Å². The molecule has 3 aromatic rings. The van der Waals surface area contributed by atoms with Crippen LogP contribution < -0.4 is 15.6 Å². The predicted octanol–water partition coefficient (Wildman–Crippen LogP) is 4.00. The second-order valence-corrected chi connectivity index (χ2v) is 12.8. The summed E-state index contributed by atoms with van der Waals surface area (Å²) in [6.07, 6.45) is 0.262. The number of carbonyl (C=O) groups excluding carboxylic acids is 1. The highest BCUT2D eigenvalue weighted by Crippen LogP contribution is 2.43. The lowest BCUT2D eigenvalue weighted by molar-refractivity contribution is -0.130. The predicted molar refractivity (Wildman–Crippen MR) is 168 cm³/mol. The maximum atomic E-state index is 14.1. The number of hydrogen-bond acceptors (Lipinski definition) is 9. The van der Waals surface area contributed by atoms with Crippen LogP contribution in [0.5, 0.6) is 5.75 Å². The number of sulfone groups is 1. The van der Waals surface area contributed by atoms with E-state index in [-0.39, 0.29) is 35.7 Å². The van der Waals surface area contributed by atoms with Crippen LogP contribution in [0.15, 0.2) is 94.8 Å². The number of nitrogens with one attached hydrogen (secondary N) is 2. The minimum absolute atomic E-state index is 0.0360. The number of rotatable bonds is 17. The molecule has 2 atom stereocenters. The molecule has 3 aromatic carbocycles. The molecule has 1 heterocycles. The highest BCUT2D eigenvalue weighted by atomic mass is 32.2. The Labute approximate surface area is 259 Å². The van der Waals surface area contributed by atoms with E-state index < -0.39 is 27.4 Å². The molecule has 236 valence electrons. The first-order valence-electron chi connectivity index (χ1n) is 14.8. The van der Waals surface area contributed by atoms with Crippen LogP contribution in [0.1, 0.15) is 50.3 Å². The molecule has 11 heteroatoms. The summed E-state index contributed by atoms with van der Waals surface area (Å²) in [5, 5.41) is 9.02. The quantitative estimate of drug-likeness (QED) is 0.152. The van der Waals surface area contributed by atoms with Crippen molar-refractivity contribution >= 4 is 21.6 Å². The molecule has 10 nitrogen and oxygen atoms in total. The summed E-state index contributed by atoms with van der Waals surface area (Å²) < 4.78 is 44.5. The Morgan fingerprint density at radius 2 is 1.66 bits per heavy atom. The lowest BCUT2D eigenvalue weighted by Crippen LogP contribution is -2.53. The van der Waals surface area contributed by atoms with Crippen LogP contribution in [-0.2, 0) is 24.1 Å².